The average Bonchev–Trinajstić information content (AvgIpc) is 3.26. The normalized spacial score (nSPS) is 12.5. The van der Waals surface area contributed by atoms with E-state index >= 15 is 0 Å². The number of halogens is 4. The van der Waals surface area contributed by atoms with E-state index in [-0.39, 0.29) is 38.3 Å². The summed E-state index contributed by atoms with van der Waals surface area (Å²) < 4.78 is 73.4. The third-order valence-corrected chi connectivity index (χ3v) is 7.53. The maximum absolute atomic E-state index is 13.8. The van der Waals surface area contributed by atoms with Gasteiger partial charge in [-0.05, 0) is 42.5 Å². The van der Waals surface area contributed by atoms with Crippen LogP contribution in [-0.2, 0) is 21.4 Å². The molecule has 1 N–H and O–H groups in total. The molecule has 0 radical (unpaired) electrons. The molecule has 2 aromatic heterocycles. The predicted octanol–water partition coefficient (Wildman–Crippen LogP) is 5.79. The first-order valence-electron chi connectivity index (χ1n) is 11.1. The summed E-state index contributed by atoms with van der Waals surface area (Å²) in [7, 11) is -2.70. The molecule has 0 saturated carbocycles. The number of hydrogen-bond acceptors (Lipinski definition) is 6. The van der Waals surface area contributed by atoms with Crippen molar-refractivity contribution >= 4 is 38.7 Å². The van der Waals surface area contributed by atoms with E-state index in [9.17, 15) is 26.4 Å². The van der Waals surface area contributed by atoms with E-state index in [2.05, 4.69) is 15.4 Å². The Labute approximate surface area is 221 Å². The van der Waals surface area contributed by atoms with Crippen LogP contribution in [-0.4, -0.2) is 36.0 Å². The smallest absolute Gasteiger partial charge is 0.433 e. The lowest BCUT2D eigenvalue weighted by atomic mass is 9.91. The fourth-order valence-electron chi connectivity index (χ4n) is 3.53. The van der Waals surface area contributed by atoms with E-state index in [0.717, 1.165) is 12.1 Å². The van der Waals surface area contributed by atoms with Gasteiger partial charge in [0.15, 0.2) is 11.3 Å². The number of ether oxygens (including phenoxy) is 1. The Kier molecular flexibility index (Phi) is 6.91. The van der Waals surface area contributed by atoms with Gasteiger partial charge in [-0.2, -0.15) is 18.3 Å². The number of nitrogens with zero attached hydrogens (tertiary/aromatic N) is 3. The van der Waals surface area contributed by atoms with Gasteiger partial charge in [0, 0.05) is 28.3 Å². The van der Waals surface area contributed by atoms with Crippen LogP contribution in [0.25, 0.3) is 5.65 Å². The van der Waals surface area contributed by atoms with Gasteiger partial charge in [-0.1, -0.05) is 32.4 Å². The van der Waals surface area contributed by atoms with Gasteiger partial charge in [-0.15, -0.1) is 0 Å². The van der Waals surface area contributed by atoms with Crippen molar-refractivity contribution in [2.75, 3.05) is 12.4 Å². The second-order valence-corrected chi connectivity index (χ2v) is 11.8. The molecule has 2 heterocycles. The van der Waals surface area contributed by atoms with Crippen molar-refractivity contribution in [3.05, 3.63) is 76.7 Å². The fourth-order valence-corrected chi connectivity index (χ4v) is 4.98. The largest absolute Gasteiger partial charge is 0.497 e. The number of aromatic nitrogens is 3. The van der Waals surface area contributed by atoms with Gasteiger partial charge in [0.05, 0.1) is 22.6 Å². The van der Waals surface area contributed by atoms with Crippen LogP contribution in [0.4, 0.5) is 18.9 Å². The third kappa shape index (κ3) is 5.46. The Morgan fingerprint density at radius 2 is 1.66 bits per heavy atom. The number of sulfone groups is 1. The van der Waals surface area contributed by atoms with Crippen molar-refractivity contribution in [3.63, 3.8) is 0 Å². The Balaban J connectivity index is 1.74. The van der Waals surface area contributed by atoms with E-state index in [0.29, 0.717) is 9.54 Å². The molecule has 0 spiro atoms. The van der Waals surface area contributed by atoms with Crippen LogP contribution >= 0.6 is 11.6 Å². The van der Waals surface area contributed by atoms with Gasteiger partial charge in [-0.25, -0.2) is 17.9 Å². The highest BCUT2D eigenvalue weighted by atomic mass is 35.5. The van der Waals surface area contributed by atoms with Crippen molar-refractivity contribution in [3.8, 4) is 5.75 Å². The summed E-state index contributed by atoms with van der Waals surface area (Å²) in [6.45, 7) is 5.15. The van der Waals surface area contributed by atoms with Crippen LogP contribution in [0, 0.1) is 0 Å². The third-order valence-electron chi connectivity index (χ3n) is 5.53. The zero-order valence-electron chi connectivity index (χ0n) is 20.6. The molecule has 0 aliphatic rings. The molecule has 4 rings (SSSR count). The standard InChI is InChI=1S/C25H22ClF3N4O4S/c1-24(2,3)20-13-21(25(27,28)29)33-22(31-20)12-19(32-33)23(34)30-15-9-16(37-4)11-18(10-15)38(35,36)17-7-5-14(26)6-8-17/h5-13H,1-4H3,(H,30,34). The highest BCUT2D eigenvalue weighted by molar-refractivity contribution is 7.91. The molecule has 4 aromatic rings. The topological polar surface area (TPSA) is 103 Å². The van der Waals surface area contributed by atoms with Crippen LogP contribution < -0.4 is 10.1 Å². The molecule has 0 aliphatic heterocycles. The predicted molar refractivity (Wildman–Crippen MR) is 135 cm³/mol. The van der Waals surface area contributed by atoms with Gasteiger partial charge in [-0.3, -0.25) is 4.79 Å². The lowest BCUT2D eigenvalue weighted by Crippen LogP contribution is -2.20. The highest BCUT2D eigenvalue weighted by Gasteiger charge is 2.36. The first-order chi connectivity index (χ1) is 17.6. The molecule has 0 fully saturated rings. The van der Waals surface area contributed by atoms with Crippen LogP contribution in [0.1, 0.15) is 42.6 Å². The van der Waals surface area contributed by atoms with Gasteiger partial charge in [0.25, 0.3) is 5.91 Å². The van der Waals surface area contributed by atoms with E-state index < -0.39 is 33.0 Å². The van der Waals surface area contributed by atoms with Crippen molar-refractivity contribution in [1.29, 1.82) is 0 Å². The Morgan fingerprint density at radius 1 is 1.00 bits per heavy atom. The van der Waals surface area contributed by atoms with Gasteiger partial charge in [0.2, 0.25) is 9.84 Å². The number of rotatable bonds is 5. The second-order valence-electron chi connectivity index (χ2n) is 9.38. The molecule has 0 saturated heterocycles. The van der Waals surface area contributed by atoms with E-state index in [1.165, 1.54) is 49.6 Å². The summed E-state index contributed by atoms with van der Waals surface area (Å²) in [5.41, 5.74) is -2.08. The van der Waals surface area contributed by atoms with E-state index in [4.69, 9.17) is 16.3 Å². The molecule has 1 amide bonds. The zero-order valence-corrected chi connectivity index (χ0v) is 22.2. The number of carbonyl (C=O) groups is 1. The minimum Gasteiger partial charge on any atom is -0.497 e. The molecule has 2 aromatic carbocycles. The first kappa shape index (κ1) is 27.4. The van der Waals surface area contributed by atoms with Gasteiger partial charge in [0.1, 0.15) is 11.4 Å². The molecule has 38 heavy (non-hydrogen) atoms. The van der Waals surface area contributed by atoms with Crippen LogP contribution in [0.5, 0.6) is 5.75 Å². The number of carbonyl (C=O) groups excluding carboxylic acids is 1. The molecular weight excluding hydrogens is 545 g/mol. The van der Waals surface area contributed by atoms with E-state index in [1.54, 1.807) is 20.8 Å². The average molecular weight is 567 g/mol. The lowest BCUT2D eigenvalue weighted by molar-refractivity contribution is -0.142. The Morgan fingerprint density at radius 3 is 2.24 bits per heavy atom. The molecule has 13 heteroatoms. The monoisotopic (exact) mass is 566 g/mol. The zero-order chi connectivity index (χ0) is 28.0. The maximum atomic E-state index is 13.8. The minimum absolute atomic E-state index is 0.0262. The quantitative estimate of drug-likeness (QED) is 0.328. The van der Waals surface area contributed by atoms with Crippen molar-refractivity contribution < 1.29 is 31.1 Å². The number of hydrogen-bond donors (Lipinski definition) is 1. The molecule has 200 valence electrons. The summed E-state index contributed by atoms with van der Waals surface area (Å²) in [4.78, 5) is 17.0. The second kappa shape index (κ2) is 9.59. The number of benzene rings is 2. The SMILES string of the molecule is COc1cc(NC(=O)c2cc3nc(C(C)(C)C)cc(C(F)(F)F)n3n2)cc(S(=O)(=O)c2ccc(Cl)cc2)c1. The molecule has 0 atom stereocenters. The number of anilines is 1. The summed E-state index contributed by atoms with van der Waals surface area (Å²) >= 11 is 5.85. The first-order valence-corrected chi connectivity index (χ1v) is 13.0. The van der Waals surface area contributed by atoms with Crippen molar-refractivity contribution in [1.82, 2.24) is 14.6 Å². The Hall–Kier alpha value is -3.64. The van der Waals surface area contributed by atoms with Crippen molar-refractivity contribution in [2.45, 2.75) is 42.2 Å². The number of amides is 1. The number of nitrogens with one attached hydrogen (secondary N) is 1. The molecule has 0 aliphatic carbocycles. The number of fused-ring (bicyclic) bond motifs is 1. The molecule has 0 unspecified atom stereocenters. The lowest BCUT2D eigenvalue weighted by Gasteiger charge is -2.19. The molecule has 8 nitrogen and oxygen atoms in total. The number of alkyl halides is 3. The fraction of sp³-hybridized carbons (Fsp3) is 0.240. The summed E-state index contributed by atoms with van der Waals surface area (Å²) in [5.74, 6) is -0.745. The Bertz CT molecular complexity index is 1640. The van der Waals surface area contributed by atoms with Gasteiger partial charge >= 0.3 is 6.18 Å². The molecular formula is C25H22ClF3N4O4S. The minimum atomic E-state index is -4.75. The summed E-state index contributed by atoms with van der Waals surface area (Å²) in [6.07, 6.45) is -4.75. The van der Waals surface area contributed by atoms with Crippen LogP contribution in [0.15, 0.2) is 64.4 Å². The summed E-state index contributed by atoms with van der Waals surface area (Å²) in [6, 6.07) is 11.4. The summed E-state index contributed by atoms with van der Waals surface area (Å²) in [5, 5.41) is 6.66. The highest BCUT2D eigenvalue weighted by Crippen LogP contribution is 2.33. The van der Waals surface area contributed by atoms with E-state index in [1.807, 2.05) is 0 Å². The number of methoxy groups -OCH3 is 1. The molecule has 0 bridgehead atoms. The van der Waals surface area contributed by atoms with Gasteiger partial charge < -0.3 is 10.1 Å². The van der Waals surface area contributed by atoms with Crippen LogP contribution in [0.3, 0.4) is 0 Å². The maximum Gasteiger partial charge on any atom is 0.433 e. The van der Waals surface area contributed by atoms with Crippen LogP contribution in [0.2, 0.25) is 5.02 Å². The van der Waals surface area contributed by atoms with Crippen molar-refractivity contribution in [2.24, 2.45) is 0 Å².